The Morgan fingerprint density at radius 2 is 0.963 bits per heavy atom. The Bertz CT molecular complexity index is 319. The van der Waals surface area contributed by atoms with Gasteiger partial charge in [-0.25, -0.2) is 0 Å². The van der Waals surface area contributed by atoms with Crippen LogP contribution in [0.4, 0.5) is 0 Å². The first-order chi connectivity index (χ1) is 13.0. The van der Waals surface area contributed by atoms with Crippen LogP contribution in [-0.4, -0.2) is 22.3 Å². The minimum Gasteiger partial charge on any atom is -0.481 e. The van der Waals surface area contributed by atoms with Crippen LogP contribution < -0.4 is 0 Å². The molecule has 0 radical (unpaired) electrons. The van der Waals surface area contributed by atoms with Crippen molar-refractivity contribution in [1.29, 1.82) is 0 Å². The molecule has 2 N–H and O–H groups in total. The summed E-state index contributed by atoms with van der Waals surface area (Å²) < 4.78 is 0. The molecule has 0 saturated carbocycles. The minimum atomic E-state index is -0.940. The van der Waals surface area contributed by atoms with Gasteiger partial charge in [-0.1, -0.05) is 117 Å². The van der Waals surface area contributed by atoms with Gasteiger partial charge in [-0.3, -0.25) is 4.79 Å². The first-order valence-electron chi connectivity index (χ1n) is 11.9. The van der Waals surface area contributed by atoms with Crippen molar-refractivity contribution in [2.75, 3.05) is 0 Å². The van der Waals surface area contributed by atoms with Gasteiger partial charge in [0.05, 0.1) is 11.5 Å². The van der Waals surface area contributed by atoms with Crippen molar-refractivity contribution in [3.8, 4) is 0 Å². The van der Waals surface area contributed by atoms with Crippen molar-refractivity contribution in [3.63, 3.8) is 0 Å². The second kappa shape index (κ2) is 17.5. The molecular weight excluding hydrogens is 336 g/mol. The first kappa shape index (κ1) is 26.4. The third kappa shape index (κ3) is 12.5. The molecule has 0 aromatic heterocycles. The molecule has 0 aromatic rings. The van der Waals surface area contributed by atoms with E-state index in [0.29, 0.717) is 12.8 Å². The van der Waals surface area contributed by atoms with Crippen LogP contribution in [0.1, 0.15) is 136 Å². The van der Waals surface area contributed by atoms with E-state index in [1.807, 2.05) is 0 Å². The summed E-state index contributed by atoms with van der Waals surface area (Å²) in [6.07, 6.45) is 19.8. The largest absolute Gasteiger partial charge is 0.481 e. The second-order valence-electron chi connectivity index (χ2n) is 8.59. The predicted octanol–water partition coefficient (Wildman–Crippen LogP) is 7.50. The summed E-state index contributed by atoms with van der Waals surface area (Å²) in [6.45, 7) is 6.13. The van der Waals surface area contributed by atoms with E-state index in [-0.39, 0.29) is 0 Å². The molecule has 0 aliphatic carbocycles. The zero-order valence-electron chi connectivity index (χ0n) is 18.6. The molecule has 0 aromatic carbocycles. The third-order valence-corrected chi connectivity index (χ3v) is 6.18. The topological polar surface area (TPSA) is 57.5 Å². The van der Waals surface area contributed by atoms with E-state index >= 15 is 0 Å². The number of unbranched alkanes of at least 4 members (excludes halogenated alkanes) is 14. The Kier molecular flexibility index (Phi) is 17.2. The van der Waals surface area contributed by atoms with Gasteiger partial charge in [0.2, 0.25) is 0 Å². The van der Waals surface area contributed by atoms with E-state index in [2.05, 4.69) is 13.8 Å². The van der Waals surface area contributed by atoms with Crippen LogP contribution in [0.2, 0.25) is 0 Å². The van der Waals surface area contributed by atoms with Gasteiger partial charge in [0.15, 0.2) is 0 Å². The van der Waals surface area contributed by atoms with Crippen LogP contribution in [0.15, 0.2) is 0 Å². The van der Waals surface area contributed by atoms with Gasteiger partial charge in [-0.2, -0.15) is 0 Å². The molecule has 1 unspecified atom stereocenters. The standard InChI is InChI=1S/C24H48O3/c1-4-6-8-10-12-14-16-18-20-24(22(3)25,23(26)27)21-19-17-15-13-11-9-7-5-2/h22,25H,4-21H2,1-3H3,(H,26,27). The van der Waals surface area contributed by atoms with Gasteiger partial charge in [-0.15, -0.1) is 0 Å². The van der Waals surface area contributed by atoms with Crippen molar-refractivity contribution >= 4 is 5.97 Å². The lowest BCUT2D eigenvalue weighted by molar-refractivity contribution is -0.157. The molecule has 3 heteroatoms. The van der Waals surface area contributed by atoms with Crippen molar-refractivity contribution < 1.29 is 15.0 Å². The Morgan fingerprint density at radius 3 is 1.22 bits per heavy atom. The molecule has 3 nitrogen and oxygen atoms in total. The van der Waals surface area contributed by atoms with E-state index in [9.17, 15) is 15.0 Å². The van der Waals surface area contributed by atoms with Crippen molar-refractivity contribution in [3.05, 3.63) is 0 Å². The van der Waals surface area contributed by atoms with Crippen molar-refractivity contribution in [2.45, 2.75) is 142 Å². The number of carboxylic acids is 1. The number of hydrogen-bond acceptors (Lipinski definition) is 2. The van der Waals surface area contributed by atoms with Crippen LogP contribution in [0.25, 0.3) is 0 Å². The summed E-state index contributed by atoms with van der Waals surface area (Å²) in [6, 6.07) is 0. The van der Waals surface area contributed by atoms with Gasteiger partial charge in [0.25, 0.3) is 0 Å². The summed E-state index contributed by atoms with van der Waals surface area (Å²) in [4.78, 5) is 12.0. The van der Waals surface area contributed by atoms with E-state index in [0.717, 1.165) is 25.7 Å². The molecule has 0 spiro atoms. The zero-order chi connectivity index (χ0) is 20.4. The summed E-state index contributed by atoms with van der Waals surface area (Å²) in [7, 11) is 0. The molecule has 162 valence electrons. The number of carboxylic acid groups (broad SMARTS) is 1. The SMILES string of the molecule is CCCCCCCCCCC(CCCCCCCCCC)(C(=O)O)C(C)O. The maximum absolute atomic E-state index is 12.0. The Balaban J connectivity index is 4.12. The van der Waals surface area contributed by atoms with Gasteiger partial charge < -0.3 is 10.2 Å². The number of carbonyl (C=O) groups is 1. The lowest BCUT2D eigenvalue weighted by atomic mass is 9.74. The van der Waals surface area contributed by atoms with Gasteiger partial charge in [0, 0.05) is 0 Å². The third-order valence-electron chi connectivity index (χ3n) is 6.18. The molecule has 0 aliphatic heterocycles. The molecule has 0 saturated heterocycles. The number of aliphatic carboxylic acids is 1. The highest BCUT2D eigenvalue weighted by Gasteiger charge is 2.41. The quantitative estimate of drug-likeness (QED) is 0.214. The maximum Gasteiger partial charge on any atom is 0.312 e. The summed E-state index contributed by atoms with van der Waals surface area (Å²) in [5, 5.41) is 20.1. The summed E-state index contributed by atoms with van der Waals surface area (Å²) in [5.41, 5.74) is -0.940. The van der Waals surface area contributed by atoms with E-state index in [1.54, 1.807) is 6.92 Å². The highest BCUT2D eigenvalue weighted by Crippen LogP contribution is 2.36. The lowest BCUT2D eigenvalue weighted by Gasteiger charge is -2.32. The molecule has 0 bridgehead atoms. The van der Waals surface area contributed by atoms with E-state index < -0.39 is 17.5 Å². The Labute approximate surface area is 169 Å². The van der Waals surface area contributed by atoms with Crippen LogP contribution in [0.3, 0.4) is 0 Å². The number of aliphatic hydroxyl groups excluding tert-OH is 1. The van der Waals surface area contributed by atoms with Crippen molar-refractivity contribution in [1.82, 2.24) is 0 Å². The average molecular weight is 385 g/mol. The van der Waals surface area contributed by atoms with Crippen LogP contribution in [0, 0.1) is 5.41 Å². The van der Waals surface area contributed by atoms with E-state index in [4.69, 9.17) is 0 Å². The fraction of sp³-hybridized carbons (Fsp3) is 0.958. The van der Waals surface area contributed by atoms with Crippen LogP contribution in [0.5, 0.6) is 0 Å². The molecule has 27 heavy (non-hydrogen) atoms. The predicted molar refractivity (Wildman–Crippen MR) is 116 cm³/mol. The lowest BCUT2D eigenvalue weighted by Crippen LogP contribution is -2.41. The highest BCUT2D eigenvalue weighted by atomic mass is 16.4. The Morgan fingerprint density at radius 1 is 0.667 bits per heavy atom. The molecule has 0 aliphatic rings. The summed E-state index contributed by atoms with van der Waals surface area (Å²) >= 11 is 0. The van der Waals surface area contributed by atoms with Gasteiger partial charge in [-0.05, 0) is 19.8 Å². The number of hydrogen-bond donors (Lipinski definition) is 2. The molecule has 0 fully saturated rings. The van der Waals surface area contributed by atoms with Crippen molar-refractivity contribution in [2.24, 2.45) is 5.41 Å². The Hall–Kier alpha value is -0.570. The van der Waals surface area contributed by atoms with Crippen LogP contribution >= 0.6 is 0 Å². The molecule has 0 rings (SSSR count). The first-order valence-corrected chi connectivity index (χ1v) is 11.9. The minimum absolute atomic E-state index is 0.617. The molecular formula is C24H48O3. The highest BCUT2D eigenvalue weighted by molar-refractivity contribution is 5.75. The fourth-order valence-corrected chi connectivity index (χ4v) is 4.08. The van der Waals surface area contributed by atoms with Gasteiger partial charge in [0.1, 0.15) is 0 Å². The monoisotopic (exact) mass is 384 g/mol. The van der Waals surface area contributed by atoms with E-state index in [1.165, 1.54) is 77.0 Å². The summed E-state index contributed by atoms with van der Waals surface area (Å²) in [5.74, 6) is -0.802. The smallest absolute Gasteiger partial charge is 0.312 e. The average Bonchev–Trinajstić information content (AvgIpc) is 2.63. The molecule has 0 heterocycles. The maximum atomic E-state index is 12.0. The number of rotatable bonds is 20. The fourth-order valence-electron chi connectivity index (χ4n) is 4.08. The molecule has 1 atom stereocenters. The zero-order valence-corrected chi connectivity index (χ0v) is 18.6. The number of aliphatic hydroxyl groups is 1. The second-order valence-corrected chi connectivity index (χ2v) is 8.59. The van der Waals surface area contributed by atoms with Gasteiger partial charge >= 0.3 is 5.97 Å². The normalized spacial score (nSPS) is 13.0. The van der Waals surface area contributed by atoms with Crippen LogP contribution in [-0.2, 0) is 4.79 Å². The molecule has 0 amide bonds.